The first-order valence-corrected chi connectivity index (χ1v) is 8.01. The second kappa shape index (κ2) is 6.62. The van der Waals surface area contributed by atoms with E-state index in [4.69, 9.17) is 22.1 Å². The van der Waals surface area contributed by atoms with Crippen LogP contribution in [0.5, 0.6) is 0 Å². The lowest BCUT2D eigenvalue weighted by Crippen LogP contribution is -2.16. The number of nitrogen functional groups attached to an aromatic ring is 1. The molecule has 0 radical (unpaired) electrons. The Hall–Kier alpha value is -2.38. The minimum absolute atomic E-state index is 0.122. The van der Waals surface area contributed by atoms with E-state index in [1.165, 1.54) is 28.7 Å². The van der Waals surface area contributed by atoms with Crippen LogP contribution in [0.4, 0.5) is 5.69 Å². The lowest BCUT2D eigenvalue weighted by atomic mass is 10.2. The fraction of sp³-hybridized carbons (Fsp3) is 0.0625. The molecule has 0 atom stereocenters. The third-order valence-electron chi connectivity index (χ3n) is 3.26. The van der Waals surface area contributed by atoms with Crippen molar-refractivity contribution >= 4 is 44.8 Å². The van der Waals surface area contributed by atoms with Gasteiger partial charge in [-0.1, -0.05) is 11.6 Å². The molecule has 0 amide bonds. The maximum absolute atomic E-state index is 12.1. The molecule has 0 saturated carbocycles. The number of halogens is 2. The second-order valence-corrected chi connectivity index (χ2v) is 6.30. The van der Waals surface area contributed by atoms with Gasteiger partial charge in [-0.15, -0.1) is 0 Å². The van der Waals surface area contributed by atoms with Gasteiger partial charge in [-0.3, -0.25) is 9.20 Å². The van der Waals surface area contributed by atoms with Crippen LogP contribution in [0.1, 0.15) is 16.1 Å². The third-order valence-corrected chi connectivity index (χ3v) is 4.07. The number of nitrogens with two attached hydrogens (primary N) is 1. The molecule has 2 N–H and O–H groups in total. The Balaban J connectivity index is 1.80. The number of ether oxygens (including phenoxy) is 1. The lowest BCUT2D eigenvalue weighted by Gasteiger charge is -2.07. The van der Waals surface area contributed by atoms with Crippen molar-refractivity contribution < 1.29 is 9.53 Å². The van der Waals surface area contributed by atoms with Gasteiger partial charge in [-0.2, -0.15) is 0 Å². The number of rotatable bonds is 3. The number of hydrogen-bond acceptors (Lipinski definition) is 5. The van der Waals surface area contributed by atoms with Crippen molar-refractivity contribution in [2.45, 2.75) is 6.61 Å². The quantitative estimate of drug-likeness (QED) is 0.532. The number of esters is 1. The summed E-state index contributed by atoms with van der Waals surface area (Å²) >= 11 is 9.11. The van der Waals surface area contributed by atoms with E-state index in [2.05, 4.69) is 20.9 Å². The van der Waals surface area contributed by atoms with Gasteiger partial charge in [0.25, 0.3) is 5.56 Å². The van der Waals surface area contributed by atoms with E-state index in [1.807, 2.05) is 0 Å². The second-order valence-electron chi connectivity index (χ2n) is 4.97. The summed E-state index contributed by atoms with van der Waals surface area (Å²) in [5.74, 6) is -0.573. The largest absolute Gasteiger partial charge is 0.456 e. The molecule has 3 aromatic rings. The summed E-state index contributed by atoms with van der Waals surface area (Å²) < 4.78 is 7.34. The van der Waals surface area contributed by atoms with Crippen molar-refractivity contribution in [2.24, 2.45) is 0 Å². The van der Waals surface area contributed by atoms with Crippen LogP contribution in [0.15, 0.2) is 51.9 Å². The Morgan fingerprint density at radius 1 is 1.29 bits per heavy atom. The smallest absolute Gasteiger partial charge is 0.338 e. The standard InChI is InChI=1S/C16H11BrClN3O3/c17-10-2-4-14-20-11(6-15(22)21(14)7-10)8-24-16(23)9-1-3-12(18)13(19)5-9/h1-7H,8,19H2. The van der Waals surface area contributed by atoms with Crippen LogP contribution >= 0.6 is 27.5 Å². The highest BCUT2D eigenvalue weighted by Gasteiger charge is 2.11. The number of carbonyl (C=O) groups excluding carboxylic acids is 1. The summed E-state index contributed by atoms with van der Waals surface area (Å²) in [6.45, 7) is -0.122. The minimum atomic E-state index is -0.573. The van der Waals surface area contributed by atoms with Crippen molar-refractivity contribution in [3.05, 3.63) is 73.7 Å². The number of pyridine rings is 1. The molecule has 2 heterocycles. The topological polar surface area (TPSA) is 86.7 Å². The van der Waals surface area contributed by atoms with Gasteiger partial charge < -0.3 is 10.5 Å². The van der Waals surface area contributed by atoms with Gasteiger partial charge in [0.2, 0.25) is 0 Å². The number of benzene rings is 1. The maximum atomic E-state index is 12.1. The van der Waals surface area contributed by atoms with Crippen LogP contribution in [0.3, 0.4) is 0 Å². The van der Waals surface area contributed by atoms with Crippen LogP contribution < -0.4 is 11.3 Å². The Morgan fingerprint density at radius 3 is 2.83 bits per heavy atom. The van der Waals surface area contributed by atoms with Crippen LogP contribution in [-0.4, -0.2) is 15.4 Å². The normalized spacial score (nSPS) is 10.8. The van der Waals surface area contributed by atoms with E-state index >= 15 is 0 Å². The predicted molar refractivity (Wildman–Crippen MR) is 94.1 cm³/mol. The number of anilines is 1. The maximum Gasteiger partial charge on any atom is 0.338 e. The third kappa shape index (κ3) is 3.42. The number of hydrogen-bond donors (Lipinski definition) is 1. The zero-order valence-corrected chi connectivity index (χ0v) is 14.5. The summed E-state index contributed by atoms with van der Waals surface area (Å²) in [4.78, 5) is 28.4. The summed E-state index contributed by atoms with van der Waals surface area (Å²) in [5.41, 5.74) is 6.79. The summed E-state index contributed by atoms with van der Waals surface area (Å²) in [6.07, 6.45) is 1.62. The predicted octanol–water partition coefficient (Wildman–Crippen LogP) is 3.05. The van der Waals surface area contributed by atoms with Gasteiger partial charge in [0.1, 0.15) is 12.3 Å². The molecule has 8 heteroatoms. The fourth-order valence-electron chi connectivity index (χ4n) is 2.09. The number of fused-ring (bicyclic) bond motifs is 1. The van der Waals surface area contributed by atoms with Gasteiger partial charge in [-0.05, 0) is 46.3 Å². The first-order valence-electron chi connectivity index (χ1n) is 6.84. The summed E-state index contributed by atoms with van der Waals surface area (Å²) in [7, 11) is 0. The Kier molecular flexibility index (Phi) is 4.55. The SMILES string of the molecule is Nc1cc(C(=O)OCc2cc(=O)n3cc(Br)ccc3n2)ccc1Cl. The van der Waals surface area contributed by atoms with E-state index in [-0.39, 0.29) is 17.7 Å². The summed E-state index contributed by atoms with van der Waals surface area (Å²) in [5, 5.41) is 0.363. The highest BCUT2D eigenvalue weighted by molar-refractivity contribution is 9.10. The molecule has 0 bridgehead atoms. The Labute approximate surface area is 150 Å². The van der Waals surface area contributed by atoms with Crippen molar-refractivity contribution in [2.75, 3.05) is 5.73 Å². The summed E-state index contributed by atoms with van der Waals surface area (Å²) in [6, 6.07) is 9.26. The highest BCUT2D eigenvalue weighted by atomic mass is 79.9. The number of aromatic nitrogens is 2. The van der Waals surface area contributed by atoms with Crippen LogP contribution in [0, 0.1) is 0 Å². The molecule has 0 aliphatic heterocycles. The zero-order chi connectivity index (χ0) is 17.3. The van der Waals surface area contributed by atoms with E-state index in [1.54, 1.807) is 18.3 Å². The fourth-order valence-corrected chi connectivity index (χ4v) is 2.55. The minimum Gasteiger partial charge on any atom is -0.456 e. The molecule has 2 aromatic heterocycles. The Morgan fingerprint density at radius 2 is 2.08 bits per heavy atom. The van der Waals surface area contributed by atoms with E-state index in [0.717, 1.165) is 4.47 Å². The molecule has 0 unspecified atom stereocenters. The van der Waals surface area contributed by atoms with Gasteiger partial charge in [-0.25, -0.2) is 9.78 Å². The number of carbonyl (C=O) groups is 1. The van der Waals surface area contributed by atoms with E-state index in [0.29, 0.717) is 22.1 Å². The zero-order valence-electron chi connectivity index (χ0n) is 12.2. The van der Waals surface area contributed by atoms with E-state index < -0.39 is 5.97 Å². The molecule has 0 aliphatic rings. The molecule has 0 aliphatic carbocycles. The first kappa shape index (κ1) is 16.5. The Bertz CT molecular complexity index is 1000. The molecule has 0 fully saturated rings. The monoisotopic (exact) mass is 407 g/mol. The molecule has 6 nitrogen and oxygen atoms in total. The van der Waals surface area contributed by atoms with Crippen molar-refractivity contribution in [3.63, 3.8) is 0 Å². The molecule has 0 saturated heterocycles. The molecule has 0 spiro atoms. The molecule has 122 valence electrons. The average Bonchev–Trinajstić information content (AvgIpc) is 2.56. The molecule has 1 aromatic carbocycles. The van der Waals surface area contributed by atoms with Gasteiger partial charge in [0, 0.05) is 16.7 Å². The molecular formula is C16H11BrClN3O3. The lowest BCUT2D eigenvalue weighted by molar-refractivity contribution is 0.0468. The van der Waals surface area contributed by atoms with Gasteiger partial charge in [0.15, 0.2) is 0 Å². The highest BCUT2D eigenvalue weighted by Crippen LogP contribution is 2.20. The van der Waals surface area contributed by atoms with Gasteiger partial charge >= 0.3 is 5.97 Å². The van der Waals surface area contributed by atoms with Gasteiger partial charge in [0.05, 0.1) is 22.0 Å². The average molecular weight is 409 g/mol. The van der Waals surface area contributed by atoms with Crippen molar-refractivity contribution in [1.82, 2.24) is 9.38 Å². The first-order chi connectivity index (χ1) is 11.4. The van der Waals surface area contributed by atoms with Crippen LogP contribution in [-0.2, 0) is 11.3 Å². The number of nitrogens with zero attached hydrogens (tertiary/aromatic N) is 2. The molecule has 24 heavy (non-hydrogen) atoms. The van der Waals surface area contributed by atoms with Crippen LogP contribution in [0.25, 0.3) is 5.65 Å². The molecular weight excluding hydrogens is 398 g/mol. The van der Waals surface area contributed by atoms with Crippen LogP contribution in [0.2, 0.25) is 5.02 Å². The van der Waals surface area contributed by atoms with Crippen molar-refractivity contribution in [3.8, 4) is 0 Å². The van der Waals surface area contributed by atoms with E-state index in [9.17, 15) is 9.59 Å². The van der Waals surface area contributed by atoms with Crippen molar-refractivity contribution in [1.29, 1.82) is 0 Å². The molecule has 3 rings (SSSR count).